The van der Waals surface area contributed by atoms with E-state index in [2.05, 4.69) is 5.32 Å². The summed E-state index contributed by atoms with van der Waals surface area (Å²) in [6.07, 6.45) is 1.11. The molecule has 156 valence electrons. The molecule has 0 aliphatic heterocycles. The standard InChI is InChI=1S/C22H20ClNO5S/c1-3-28-17-7-9-18(10-8-17)29-21-13-6-16(23)14-20(21)24-22(25)15-4-11-19(12-5-15)30(2,26)27/h4-14H,3H2,1-2H3,(H,24,25). The summed E-state index contributed by atoms with van der Waals surface area (Å²) in [5.74, 6) is 1.28. The Kier molecular flexibility index (Phi) is 6.64. The second-order valence-electron chi connectivity index (χ2n) is 6.40. The van der Waals surface area contributed by atoms with E-state index in [1.165, 1.54) is 24.3 Å². The van der Waals surface area contributed by atoms with Gasteiger partial charge in [-0.05, 0) is 73.7 Å². The van der Waals surface area contributed by atoms with Gasteiger partial charge in [0.2, 0.25) is 0 Å². The number of benzene rings is 3. The molecule has 0 unspecified atom stereocenters. The molecule has 6 nitrogen and oxygen atoms in total. The van der Waals surface area contributed by atoms with Crippen LogP contribution < -0.4 is 14.8 Å². The van der Waals surface area contributed by atoms with Crippen LogP contribution >= 0.6 is 11.6 Å². The molecule has 0 fully saturated rings. The molecule has 0 aliphatic carbocycles. The summed E-state index contributed by atoms with van der Waals surface area (Å²) in [4.78, 5) is 12.8. The number of carbonyl (C=O) groups excluding carboxylic acids is 1. The van der Waals surface area contributed by atoms with Crippen LogP contribution in [-0.4, -0.2) is 27.2 Å². The maximum Gasteiger partial charge on any atom is 0.255 e. The van der Waals surface area contributed by atoms with E-state index in [1.807, 2.05) is 6.92 Å². The first-order chi connectivity index (χ1) is 14.3. The summed E-state index contributed by atoms with van der Waals surface area (Å²) in [6, 6.07) is 17.7. The molecule has 0 spiro atoms. The Labute approximate surface area is 180 Å². The van der Waals surface area contributed by atoms with E-state index in [9.17, 15) is 13.2 Å². The van der Waals surface area contributed by atoms with Crippen LogP contribution in [-0.2, 0) is 9.84 Å². The molecule has 0 aromatic heterocycles. The average Bonchev–Trinajstić information content (AvgIpc) is 2.71. The number of halogens is 1. The summed E-state index contributed by atoms with van der Waals surface area (Å²) >= 11 is 6.09. The molecular formula is C22H20ClNO5S. The SMILES string of the molecule is CCOc1ccc(Oc2ccc(Cl)cc2NC(=O)c2ccc(S(C)(=O)=O)cc2)cc1. The third-order valence-corrected chi connectivity index (χ3v) is 5.46. The van der Waals surface area contributed by atoms with Gasteiger partial charge in [-0.25, -0.2) is 8.42 Å². The minimum Gasteiger partial charge on any atom is -0.494 e. The zero-order valence-electron chi connectivity index (χ0n) is 16.4. The predicted molar refractivity (Wildman–Crippen MR) is 117 cm³/mol. The fraction of sp³-hybridized carbons (Fsp3) is 0.136. The molecular weight excluding hydrogens is 426 g/mol. The maximum absolute atomic E-state index is 12.6. The molecule has 0 aliphatic rings. The number of sulfone groups is 1. The van der Waals surface area contributed by atoms with E-state index >= 15 is 0 Å². The zero-order valence-corrected chi connectivity index (χ0v) is 18.0. The van der Waals surface area contributed by atoms with Crippen molar-refractivity contribution in [3.05, 3.63) is 77.3 Å². The predicted octanol–water partition coefficient (Wildman–Crippen LogP) is 5.19. The van der Waals surface area contributed by atoms with Crippen molar-refractivity contribution in [1.29, 1.82) is 0 Å². The zero-order chi connectivity index (χ0) is 21.7. The lowest BCUT2D eigenvalue weighted by molar-refractivity contribution is 0.102. The molecule has 3 aromatic carbocycles. The van der Waals surface area contributed by atoms with E-state index in [-0.39, 0.29) is 4.90 Å². The summed E-state index contributed by atoms with van der Waals surface area (Å²) in [5, 5.41) is 3.18. The number of ether oxygens (including phenoxy) is 2. The summed E-state index contributed by atoms with van der Waals surface area (Å²) in [5.41, 5.74) is 0.683. The smallest absolute Gasteiger partial charge is 0.255 e. The normalized spacial score (nSPS) is 11.0. The van der Waals surface area contributed by atoms with Gasteiger partial charge in [0.25, 0.3) is 5.91 Å². The fourth-order valence-corrected chi connectivity index (χ4v) is 3.44. The molecule has 1 N–H and O–H groups in total. The van der Waals surface area contributed by atoms with E-state index in [1.54, 1.807) is 42.5 Å². The molecule has 3 rings (SSSR count). The molecule has 0 heterocycles. The Hall–Kier alpha value is -3.03. The van der Waals surface area contributed by atoms with Crippen molar-refractivity contribution in [1.82, 2.24) is 0 Å². The van der Waals surface area contributed by atoms with Crippen LogP contribution in [0, 0.1) is 0 Å². The lowest BCUT2D eigenvalue weighted by Crippen LogP contribution is -2.13. The van der Waals surface area contributed by atoms with Gasteiger partial charge in [0.05, 0.1) is 17.2 Å². The number of amides is 1. The van der Waals surface area contributed by atoms with Gasteiger partial charge in [0, 0.05) is 16.8 Å². The molecule has 3 aromatic rings. The van der Waals surface area contributed by atoms with Gasteiger partial charge >= 0.3 is 0 Å². The largest absolute Gasteiger partial charge is 0.494 e. The Morgan fingerprint density at radius 1 is 0.967 bits per heavy atom. The Balaban J connectivity index is 1.80. The molecule has 30 heavy (non-hydrogen) atoms. The minimum atomic E-state index is -3.34. The molecule has 0 saturated carbocycles. The van der Waals surface area contributed by atoms with Crippen LogP contribution in [0.2, 0.25) is 5.02 Å². The van der Waals surface area contributed by atoms with Gasteiger partial charge in [0.1, 0.15) is 11.5 Å². The van der Waals surface area contributed by atoms with Crippen LogP contribution in [0.15, 0.2) is 71.6 Å². The maximum atomic E-state index is 12.6. The van der Waals surface area contributed by atoms with Gasteiger partial charge in [-0.3, -0.25) is 4.79 Å². The fourth-order valence-electron chi connectivity index (χ4n) is 2.63. The minimum absolute atomic E-state index is 0.140. The second kappa shape index (κ2) is 9.19. The number of rotatable bonds is 7. The second-order valence-corrected chi connectivity index (χ2v) is 8.85. The summed E-state index contributed by atoms with van der Waals surface area (Å²) < 4.78 is 34.5. The van der Waals surface area contributed by atoms with E-state index in [0.717, 1.165) is 12.0 Å². The molecule has 0 radical (unpaired) electrons. The number of hydrogen-bond acceptors (Lipinski definition) is 5. The lowest BCUT2D eigenvalue weighted by Gasteiger charge is -2.13. The van der Waals surface area contributed by atoms with Crippen LogP contribution in [0.3, 0.4) is 0 Å². The van der Waals surface area contributed by atoms with Crippen molar-refractivity contribution in [2.24, 2.45) is 0 Å². The summed E-state index contributed by atoms with van der Waals surface area (Å²) in [7, 11) is -3.34. The first-order valence-corrected chi connectivity index (χ1v) is 11.3. The molecule has 0 bridgehead atoms. The Bertz CT molecular complexity index is 1140. The van der Waals surface area contributed by atoms with Gasteiger partial charge in [-0.2, -0.15) is 0 Å². The van der Waals surface area contributed by atoms with Crippen molar-refractivity contribution in [2.75, 3.05) is 18.2 Å². The van der Waals surface area contributed by atoms with Gasteiger partial charge < -0.3 is 14.8 Å². The van der Waals surface area contributed by atoms with E-state index in [4.69, 9.17) is 21.1 Å². The molecule has 1 amide bonds. The van der Waals surface area contributed by atoms with Gasteiger partial charge in [0.15, 0.2) is 15.6 Å². The van der Waals surface area contributed by atoms with E-state index < -0.39 is 15.7 Å². The number of hydrogen-bond donors (Lipinski definition) is 1. The first kappa shape index (κ1) is 21.7. The highest BCUT2D eigenvalue weighted by molar-refractivity contribution is 7.90. The van der Waals surface area contributed by atoms with Crippen LogP contribution in [0.25, 0.3) is 0 Å². The van der Waals surface area contributed by atoms with Crippen molar-refractivity contribution < 1.29 is 22.7 Å². The van der Waals surface area contributed by atoms with Gasteiger partial charge in [-0.1, -0.05) is 11.6 Å². The monoisotopic (exact) mass is 445 g/mol. The van der Waals surface area contributed by atoms with Crippen molar-refractivity contribution in [2.45, 2.75) is 11.8 Å². The highest BCUT2D eigenvalue weighted by Gasteiger charge is 2.13. The highest BCUT2D eigenvalue weighted by atomic mass is 35.5. The van der Waals surface area contributed by atoms with Crippen LogP contribution in [0.4, 0.5) is 5.69 Å². The Morgan fingerprint density at radius 3 is 2.20 bits per heavy atom. The average molecular weight is 446 g/mol. The molecule has 0 saturated heterocycles. The lowest BCUT2D eigenvalue weighted by atomic mass is 10.2. The highest BCUT2D eigenvalue weighted by Crippen LogP contribution is 2.33. The third-order valence-electron chi connectivity index (χ3n) is 4.10. The number of carbonyl (C=O) groups is 1. The molecule has 8 heteroatoms. The van der Waals surface area contributed by atoms with Crippen LogP contribution in [0.1, 0.15) is 17.3 Å². The number of nitrogens with one attached hydrogen (secondary N) is 1. The molecule has 0 atom stereocenters. The van der Waals surface area contributed by atoms with E-state index in [0.29, 0.717) is 34.4 Å². The quantitative estimate of drug-likeness (QED) is 0.541. The summed E-state index contributed by atoms with van der Waals surface area (Å²) in [6.45, 7) is 2.47. The number of anilines is 1. The first-order valence-electron chi connectivity index (χ1n) is 9.08. The van der Waals surface area contributed by atoms with Crippen molar-refractivity contribution >= 4 is 33.0 Å². The third kappa shape index (κ3) is 5.52. The van der Waals surface area contributed by atoms with Gasteiger partial charge in [-0.15, -0.1) is 0 Å². The topological polar surface area (TPSA) is 81.7 Å². The Morgan fingerprint density at radius 2 is 1.60 bits per heavy atom. The van der Waals surface area contributed by atoms with Crippen molar-refractivity contribution in [3.8, 4) is 17.2 Å². The van der Waals surface area contributed by atoms with Crippen molar-refractivity contribution in [3.63, 3.8) is 0 Å². The van der Waals surface area contributed by atoms with Crippen LogP contribution in [0.5, 0.6) is 17.2 Å².